The van der Waals surface area contributed by atoms with Crippen molar-refractivity contribution in [2.24, 2.45) is 0 Å². The Kier molecular flexibility index (Phi) is 6.73. The van der Waals surface area contributed by atoms with E-state index in [1.165, 1.54) is 5.69 Å². The number of likely N-dealkylation sites (N-methyl/N-ethyl adjacent to an activating group) is 1. The molecular formula is C24H30N4O2S. The molecule has 0 saturated carbocycles. The Labute approximate surface area is 188 Å². The molecule has 1 aliphatic heterocycles. The highest BCUT2D eigenvalue weighted by atomic mass is 32.1. The molecule has 7 heteroatoms. The van der Waals surface area contributed by atoms with Crippen LogP contribution in [0.1, 0.15) is 18.4 Å². The van der Waals surface area contributed by atoms with Crippen LogP contribution in [0.15, 0.2) is 48.5 Å². The van der Waals surface area contributed by atoms with Gasteiger partial charge in [-0.3, -0.25) is 9.69 Å². The minimum absolute atomic E-state index is 0.143. The van der Waals surface area contributed by atoms with Crippen LogP contribution in [-0.4, -0.2) is 67.1 Å². The van der Waals surface area contributed by atoms with Crippen molar-refractivity contribution in [3.63, 3.8) is 0 Å². The molecule has 4 rings (SSSR count). The van der Waals surface area contributed by atoms with Gasteiger partial charge in [0.25, 0.3) is 0 Å². The van der Waals surface area contributed by atoms with Crippen LogP contribution in [0.25, 0.3) is 10.2 Å². The van der Waals surface area contributed by atoms with E-state index in [1.807, 2.05) is 49.2 Å². The van der Waals surface area contributed by atoms with E-state index in [-0.39, 0.29) is 11.9 Å². The summed E-state index contributed by atoms with van der Waals surface area (Å²) >= 11 is 1.66. The topological polar surface area (TPSA) is 48.9 Å². The van der Waals surface area contributed by atoms with Crippen molar-refractivity contribution >= 4 is 33.1 Å². The number of aromatic nitrogens is 1. The molecule has 0 aliphatic carbocycles. The van der Waals surface area contributed by atoms with Gasteiger partial charge in [0.05, 0.1) is 29.9 Å². The molecule has 6 nitrogen and oxygen atoms in total. The van der Waals surface area contributed by atoms with E-state index < -0.39 is 0 Å². The average Bonchev–Trinajstić information content (AvgIpc) is 3.04. The highest BCUT2D eigenvalue weighted by Gasteiger charge is 2.26. The number of benzene rings is 2. The van der Waals surface area contributed by atoms with Gasteiger partial charge < -0.3 is 14.5 Å². The monoisotopic (exact) mass is 438 g/mol. The number of methoxy groups -OCH3 is 1. The SMILES string of the molecule is COc1ccc(N2CCCN(C(C)C(=O)N(C)Cc3nc4ccccc4s3)CC2)cc1. The zero-order valence-corrected chi connectivity index (χ0v) is 19.3. The molecule has 3 aromatic rings. The smallest absolute Gasteiger partial charge is 0.239 e. The number of hydrogen-bond donors (Lipinski definition) is 0. The van der Waals surface area contributed by atoms with Crippen molar-refractivity contribution in [2.75, 3.05) is 45.2 Å². The standard InChI is InChI=1S/C24H30N4O2S/c1-18(24(29)26(2)17-23-25-21-7-4-5-8-22(21)31-23)27-13-6-14-28(16-15-27)19-9-11-20(30-3)12-10-19/h4-5,7-12,18H,6,13-17H2,1-3H3. The van der Waals surface area contributed by atoms with Gasteiger partial charge in [-0.1, -0.05) is 12.1 Å². The average molecular weight is 439 g/mol. The van der Waals surface area contributed by atoms with Gasteiger partial charge >= 0.3 is 0 Å². The molecule has 0 bridgehead atoms. The van der Waals surface area contributed by atoms with Crippen LogP contribution in [0.5, 0.6) is 5.75 Å². The van der Waals surface area contributed by atoms with Gasteiger partial charge in [-0.2, -0.15) is 0 Å². The van der Waals surface area contributed by atoms with Gasteiger partial charge in [-0.05, 0) is 49.7 Å². The summed E-state index contributed by atoms with van der Waals surface area (Å²) in [6.45, 7) is 6.27. The summed E-state index contributed by atoms with van der Waals surface area (Å²) in [4.78, 5) is 24.3. The number of amides is 1. The first-order valence-corrected chi connectivity index (χ1v) is 11.6. The van der Waals surface area contributed by atoms with Gasteiger partial charge in [0, 0.05) is 38.9 Å². The molecule has 1 atom stereocenters. The summed E-state index contributed by atoms with van der Waals surface area (Å²) in [5.41, 5.74) is 2.21. The molecule has 1 amide bonds. The second kappa shape index (κ2) is 9.66. The number of carbonyl (C=O) groups is 1. The molecular weight excluding hydrogens is 408 g/mol. The van der Waals surface area contributed by atoms with Gasteiger partial charge in [0.1, 0.15) is 10.8 Å². The van der Waals surface area contributed by atoms with E-state index in [1.54, 1.807) is 18.4 Å². The van der Waals surface area contributed by atoms with Crippen LogP contribution in [0.3, 0.4) is 0 Å². The van der Waals surface area contributed by atoms with Crippen LogP contribution in [0.2, 0.25) is 0 Å². The van der Waals surface area contributed by atoms with Crippen LogP contribution >= 0.6 is 11.3 Å². The summed E-state index contributed by atoms with van der Waals surface area (Å²) in [5, 5.41) is 0.978. The van der Waals surface area contributed by atoms with Gasteiger partial charge in [-0.25, -0.2) is 4.98 Å². The number of fused-ring (bicyclic) bond motifs is 1. The van der Waals surface area contributed by atoms with Gasteiger partial charge in [0.2, 0.25) is 5.91 Å². The maximum atomic E-state index is 13.1. The molecule has 0 spiro atoms. The van der Waals surface area contributed by atoms with Crippen LogP contribution in [0, 0.1) is 0 Å². The number of anilines is 1. The van der Waals surface area contributed by atoms with Crippen molar-refractivity contribution in [2.45, 2.75) is 25.9 Å². The van der Waals surface area contributed by atoms with Crippen molar-refractivity contribution in [3.8, 4) is 5.75 Å². The predicted molar refractivity (Wildman–Crippen MR) is 127 cm³/mol. The number of para-hydroxylation sites is 1. The molecule has 0 radical (unpaired) electrons. The van der Waals surface area contributed by atoms with Crippen LogP contribution < -0.4 is 9.64 Å². The lowest BCUT2D eigenvalue weighted by molar-refractivity contribution is -0.135. The minimum Gasteiger partial charge on any atom is -0.497 e. The Balaban J connectivity index is 1.35. The minimum atomic E-state index is -0.143. The van der Waals surface area contributed by atoms with E-state index in [0.29, 0.717) is 6.54 Å². The van der Waals surface area contributed by atoms with E-state index in [9.17, 15) is 4.79 Å². The lowest BCUT2D eigenvalue weighted by atomic mass is 10.2. The van der Waals surface area contributed by atoms with E-state index in [4.69, 9.17) is 4.74 Å². The lowest BCUT2D eigenvalue weighted by Crippen LogP contribution is -2.46. The summed E-state index contributed by atoms with van der Waals surface area (Å²) in [5.74, 6) is 1.02. The molecule has 31 heavy (non-hydrogen) atoms. The van der Waals surface area contributed by atoms with Gasteiger partial charge in [-0.15, -0.1) is 11.3 Å². The van der Waals surface area contributed by atoms with E-state index >= 15 is 0 Å². The van der Waals surface area contributed by atoms with E-state index in [2.05, 4.69) is 33.0 Å². The highest BCUT2D eigenvalue weighted by Crippen LogP contribution is 2.23. The summed E-state index contributed by atoms with van der Waals surface area (Å²) in [7, 11) is 3.57. The van der Waals surface area contributed by atoms with Crippen molar-refractivity contribution in [3.05, 3.63) is 53.5 Å². The van der Waals surface area contributed by atoms with Gasteiger partial charge in [0.15, 0.2) is 0 Å². The maximum absolute atomic E-state index is 13.1. The summed E-state index contributed by atoms with van der Waals surface area (Å²) < 4.78 is 6.43. The zero-order chi connectivity index (χ0) is 21.8. The molecule has 1 aromatic heterocycles. The van der Waals surface area contributed by atoms with E-state index in [0.717, 1.165) is 53.6 Å². The van der Waals surface area contributed by atoms with Crippen LogP contribution in [0.4, 0.5) is 5.69 Å². The van der Waals surface area contributed by atoms with Crippen molar-refractivity contribution in [1.29, 1.82) is 0 Å². The molecule has 0 N–H and O–H groups in total. The molecule has 164 valence electrons. The fourth-order valence-electron chi connectivity index (χ4n) is 4.12. The Morgan fingerprint density at radius 3 is 2.65 bits per heavy atom. The fraction of sp³-hybridized carbons (Fsp3) is 0.417. The second-order valence-electron chi connectivity index (χ2n) is 8.02. The van der Waals surface area contributed by atoms with Crippen molar-refractivity contribution < 1.29 is 9.53 Å². The highest BCUT2D eigenvalue weighted by molar-refractivity contribution is 7.18. The quantitative estimate of drug-likeness (QED) is 0.585. The summed E-state index contributed by atoms with van der Waals surface area (Å²) in [6, 6.07) is 16.2. The third kappa shape index (κ3) is 4.99. The Bertz CT molecular complexity index is 987. The fourth-order valence-corrected chi connectivity index (χ4v) is 5.14. The second-order valence-corrected chi connectivity index (χ2v) is 9.14. The number of nitrogens with zero attached hydrogens (tertiary/aromatic N) is 4. The molecule has 1 unspecified atom stereocenters. The summed E-state index contributed by atoms with van der Waals surface area (Å²) in [6.07, 6.45) is 1.03. The number of ether oxygens (including phenoxy) is 1. The molecule has 1 aliphatic rings. The molecule has 2 aromatic carbocycles. The normalized spacial score (nSPS) is 16.2. The zero-order valence-electron chi connectivity index (χ0n) is 18.5. The lowest BCUT2D eigenvalue weighted by Gasteiger charge is -2.30. The largest absolute Gasteiger partial charge is 0.497 e. The molecule has 2 heterocycles. The molecule has 1 saturated heterocycles. The number of carbonyl (C=O) groups excluding carboxylic acids is 1. The van der Waals surface area contributed by atoms with Crippen LogP contribution in [-0.2, 0) is 11.3 Å². The Morgan fingerprint density at radius 2 is 1.90 bits per heavy atom. The first-order valence-electron chi connectivity index (χ1n) is 10.8. The third-order valence-electron chi connectivity index (χ3n) is 5.96. The number of rotatable bonds is 6. The van der Waals surface area contributed by atoms with Crippen molar-refractivity contribution in [1.82, 2.24) is 14.8 Å². The third-order valence-corrected chi connectivity index (χ3v) is 6.98. The number of hydrogen-bond acceptors (Lipinski definition) is 6. The molecule has 1 fully saturated rings. The predicted octanol–water partition coefficient (Wildman–Crippen LogP) is 3.86. The first kappa shape index (κ1) is 21.6. The first-order chi connectivity index (χ1) is 15.0. The Hall–Kier alpha value is -2.64. The number of thiazole rings is 1. The Morgan fingerprint density at radius 1 is 1.13 bits per heavy atom. The maximum Gasteiger partial charge on any atom is 0.239 e.